The summed E-state index contributed by atoms with van der Waals surface area (Å²) < 4.78 is 1.91. The molecule has 5 heteroatoms. The Balaban J connectivity index is 2.35. The van der Waals surface area contributed by atoms with Crippen molar-refractivity contribution in [3.05, 3.63) is 54.1 Å². The van der Waals surface area contributed by atoms with Crippen molar-refractivity contribution in [1.29, 1.82) is 0 Å². The Morgan fingerprint density at radius 1 is 1.38 bits per heavy atom. The van der Waals surface area contributed by atoms with Gasteiger partial charge in [0.1, 0.15) is 11.9 Å². The van der Waals surface area contributed by atoms with Gasteiger partial charge in [0.2, 0.25) is 5.91 Å². The summed E-state index contributed by atoms with van der Waals surface area (Å²) in [5, 5.41) is 3.07. The molecule has 1 heterocycles. The largest absolute Gasteiger partial charge is 0.342 e. The molecule has 1 unspecified atom stereocenters. The van der Waals surface area contributed by atoms with E-state index < -0.39 is 5.41 Å². The maximum atomic E-state index is 12.5. The van der Waals surface area contributed by atoms with Crippen molar-refractivity contribution in [1.82, 2.24) is 14.9 Å². The number of carbonyl (C=O) groups excluding carboxylic acids is 1. The fraction of sp³-hybridized carbons (Fsp3) is 0.375. The number of carbonyl (C=O) groups is 1. The topological polar surface area (TPSA) is 72.9 Å². The van der Waals surface area contributed by atoms with Gasteiger partial charge in [0.15, 0.2) is 0 Å². The van der Waals surface area contributed by atoms with Crippen LogP contribution in [0.25, 0.3) is 0 Å². The van der Waals surface area contributed by atoms with E-state index in [9.17, 15) is 4.79 Å². The smallest absolute Gasteiger partial charge is 0.227 e. The Labute approximate surface area is 125 Å². The zero-order valence-corrected chi connectivity index (χ0v) is 12.7. The van der Waals surface area contributed by atoms with Crippen LogP contribution in [-0.4, -0.2) is 22.0 Å². The van der Waals surface area contributed by atoms with E-state index in [1.165, 1.54) is 0 Å². The van der Waals surface area contributed by atoms with Gasteiger partial charge in [-0.2, -0.15) is 0 Å². The number of amides is 1. The van der Waals surface area contributed by atoms with Crippen LogP contribution in [0.5, 0.6) is 0 Å². The summed E-state index contributed by atoms with van der Waals surface area (Å²) in [5.74, 6) is 0.712. The first-order valence-electron chi connectivity index (χ1n) is 6.99. The van der Waals surface area contributed by atoms with Crippen LogP contribution < -0.4 is 11.1 Å². The number of hydrogen-bond donors (Lipinski definition) is 2. The van der Waals surface area contributed by atoms with Gasteiger partial charge in [-0.15, -0.1) is 0 Å². The Bertz CT molecular complexity index is 604. The number of nitrogens with one attached hydrogen (secondary N) is 1. The molecule has 5 nitrogen and oxygen atoms in total. The molecule has 0 aliphatic rings. The van der Waals surface area contributed by atoms with E-state index in [1.807, 2.05) is 62.0 Å². The standard InChI is InChI=1S/C16H22N4O/c1-16(2,11-17)15(21)19-13(12-7-5-4-6-8-12)14-18-9-10-20(14)3/h4-10,13H,11,17H2,1-3H3,(H,19,21). The molecular formula is C16H22N4O. The third-order valence-corrected chi connectivity index (χ3v) is 3.65. The zero-order chi connectivity index (χ0) is 15.5. The van der Waals surface area contributed by atoms with Crippen molar-refractivity contribution in [2.24, 2.45) is 18.2 Å². The summed E-state index contributed by atoms with van der Waals surface area (Å²) in [4.78, 5) is 16.8. The first-order valence-corrected chi connectivity index (χ1v) is 6.99. The lowest BCUT2D eigenvalue weighted by molar-refractivity contribution is -0.129. The molecule has 1 aromatic heterocycles. The number of imidazole rings is 1. The van der Waals surface area contributed by atoms with Crippen LogP contribution in [0.1, 0.15) is 31.3 Å². The van der Waals surface area contributed by atoms with Crippen molar-refractivity contribution < 1.29 is 4.79 Å². The second kappa shape index (κ2) is 6.10. The van der Waals surface area contributed by atoms with Crippen LogP contribution in [0.4, 0.5) is 0 Å². The SMILES string of the molecule is Cn1ccnc1C(NC(=O)C(C)(C)CN)c1ccccc1. The van der Waals surface area contributed by atoms with Gasteiger partial charge < -0.3 is 15.6 Å². The summed E-state index contributed by atoms with van der Waals surface area (Å²) in [6.45, 7) is 3.96. The molecule has 3 N–H and O–H groups in total. The van der Waals surface area contributed by atoms with Crippen molar-refractivity contribution >= 4 is 5.91 Å². The summed E-state index contributed by atoms with van der Waals surface area (Å²) in [7, 11) is 1.92. The van der Waals surface area contributed by atoms with Crippen molar-refractivity contribution in [3.8, 4) is 0 Å². The normalized spacial score (nSPS) is 13.0. The predicted molar refractivity (Wildman–Crippen MR) is 82.5 cm³/mol. The van der Waals surface area contributed by atoms with Crippen molar-refractivity contribution in [2.45, 2.75) is 19.9 Å². The van der Waals surface area contributed by atoms with E-state index in [0.29, 0.717) is 6.54 Å². The summed E-state index contributed by atoms with van der Waals surface area (Å²) in [6.07, 6.45) is 3.59. The number of aromatic nitrogens is 2. The molecule has 21 heavy (non-hydrogen) atoms. The first-order chi connectivity index (χ1) is 9.95. The highest BCUT2D eigenvalue weighted by molar-refractivity contribution is 5.82. The summed E-state index contributed by atoms with van der Waals surface area (Å²) >= 11 is 0. The van der Waals surface area contributed by atoms with Crippen LogP contribution in [0, 0.1) is 5.41 Å². The highest BCUT2D eigenvalue weighted by atomic mass is 16.2. The molecule has 0 fully saturated rings. The van der Waals surface area contributed by atoms with Crippen molar-refractivity contribution in [2.75, 3.05) is 6.54 Å². The van der Waals surface area contributed by atoms with Gasteiger partial charge in [0, 0.05) is 26.0 Å². The number of hydrogen-bond acceptors (Lipinski definition) is 3. The molecule has 2 rings (SSSR count). The van der Waals surface area contributed by atoms with E-state index in [1.54, 1.807) is 6.20 Å². The minimum Gasteiger partial charge on any atom is -0.342 e. The molecule has 0 radical (unpaired) electrons. The maximum absolute atomic E-state index is 12.5. The van der Waals surface area contributed by atoms with E-state index >= 15 is 0 Å². The molecule has 0 bridgehead atoms. The van der Waals surface area contributed by atoms with E-state index in [0.717, 1.165) is 11.4 Å². The fourth-order valence-electron chi connectivity index (χ4n) is 2.02. The Morgan fingerprint density at radius 2 is 2.05 bits per heavy atom. The molecule has 1 aromatic carbocycles. The van der Waals surface area contributed by atoms with Crippen LogP contribution in [0.2, 0.25) is 0 Å². The number of nitrogens with zero attached hydrogens (tertiary/aromatic N) is 2. The van der Waals surface area contributed by atoms with Crippen LogP contribution in [0.15, 0.2) is 42.7 Å². The number of nitrogens with two attached hydrogens (primary N) is 1. The lowest BCUT2D eigenvalue weighted by Crippen LogP contribution is -2.44. The van der Waals surface area contributed by atoms with E-state index in [2.05, 4.69) is 10.3 Å². The average molecular weight is 286 g/mol. The zero-order valence-electron chi connectivity index (χ0n) is 12.7. The van der Waals surface area contributed by atoms with E-state index in [4.69, 9.17) is 5.73 Å². The maximum Gasteiger partial charge on any atom is 0.227 e. The molecule has 0 aliphatic carbocycles. The molecule has 1 amide bonds. The second-order valence-electron chi connectivity index (χ2n) is 5.80. The highest BCUT2D eigenvalue weighted by Crippen LogP contribution is 2.22. The quantitative estimate of drug-likeness (QED) is 0.877. The van der Waals surface area contributed by atoms with Crippen LogP contribution >= 0.6 is 0 Å². The summed E-state index contributed by atoms with van der Waals surface area (Å²) in [6, 6.07) is 9.52. The first kappa shape index (κ1) is 15.3. The monoisotopic (exact) mass is 286 g/mol. The van der Waals surface area contributed by atoms with Gasteiger partial charge in [-0.3, -0.25) is 4.79 Å². The Hall–Kier alpha value is -2.14. The molecule has 0 spiro atoms. The van der Waals surface area contributed by atoms with Gasteiger partial charge >= 0.3 is 0 Å². The molecule has 2 aromatic rings. The average Bonchev–Trinajstić information content (AvgIpc) is 2.91. The Morgan fingerprint density at radius 3 is 2.57 bits per heavy atom. The molecule has 0 saturated heterocycles. The molecule has 1 atom stereocenters. The molecular weight excluding hydrogens is 264 g/mol. The highest BCUT2D eigenvalue weighted by Gasteiger charge is 2.30. The predicted octanol–water partition coefficient (Wildman–Crippen LogP) is 1.61. The second-order valence-corrected chi connectivity index (χ2v) is 5.80. The minimum atomic E-state index is -0.613. The molecule has 0 saturated carbocycles. The lowest BCUT2D eigenvalue weighted by atomic mass is 9.91. The molecule has 0 aliphatic heterocycles. The van der Waals surface area contributed by atoms with Crippen LogP contribution in [0.3, 0.4) is 0 Å². The number of benzene rings is 1. The van der Waals surface area contributed by atoms with Crippen molar-refractivity contribution in [3.63, 3.8) is 0 Å². The minimum absolute atomic E-state index is 0.0816. The third-order valence-electron chi connectivity index (χ3n) is 3.65. The lowest BCUT2D eigenvalue weighted by Gasteiger charge is -2.26. The van der Waals surface area contributed by atoms with Crippen LogP contribution in [-0.2, 0) is 11.8 Å². The van der Waals surface area contributed by atoms with Gasteiger partial charge in [-0.05, 0) is 19.4 Å². The number of rotatable bonds is 5. The Kier molecular flexibility index (Phi) is 4.43. The van der Waals surface area contributed by atoms with Gasteiger partial charge in [0.05, 0.1) is 5.41 Å². The molecule has 112 valence electrons. The number of aryl methyl sites for hydroxylation is 1. The fourth-order valence-corrected chi connectivity index (χ4v) is 2.02. The summed E-state index contributed by atoms with van der Waals surface area (Å²) in [5.41, 5.74) is 6.07. The van der Waals surface area contributed by atoms with Gasteiger partial charge in [-0.1, -0.05) is 30.3 Å². The van der Waals surface area contributed by atoms with Gasteiger partial charge in [0.25, 0.3) is 0 Å². The third kappa shape index (κ3) is 3.31. The van der Waals surface area contributed by atoms with Gasteiger partial charge in [-0.25, -0.2) is 4.98 Å². The van der Waals surface area contributed by atoms with E-state index in [-0.39, 0.29) is 11.9 Å².